The molecule has 0 aromatic carbocycles. The van der Waals surface area contributed by atoms with Crippen LogP contribution >= 0.6 is 11.3 Å². The number of aliphatic hydroxyl groups is 1. The molecule has 0 saturated carbocycles. The van der Waals surface area contributed by atoms with Gasteiger partial charge in [0.25, 0.3) is 5.91 Å². The second-order valence-corrected chi connectivity index (χ2v) is 5.47. The van der Waals surface area contributed by atoms with Crippen LogP contribution in [0.4, 0.5) is 0 Å². The zero-order valence-electron chi connectivity index (χ0n) is 11.2. The molecule has 4 nitrogen and oxygen atoms in total. The van der Waals surface area contributed by atoms with E-state index in [1.54, 1.807) is 7.11 Å². The molecule has 2 N–H and O–H groups in total. The van der Waals surface area contributed by atoms with Gasteiger partial charge in [-0.25, -0.2) is 0 Å². The zero-order chi connectivity index (χ0) is 13.6. The summed E-state index contributed by atoms with van der Waals surface area (Å²) in [6.45, 7) is 4.46. The van der Waals surface area contributed by atoms with Crippen LogP contribution in [0.25, 0.3) is 0 Å². The quantitative estimate of drug-likeness (QED) is 0.799. The van der Waals surface area contributed by atoms with Gasteiger partial charge < -0.3 is 15.2 Å². The minimum absolute atomic E-state index is 0.0694. The van der Waals surface area contributed by atoms with Crippen LogP contribution in [0.2, 0.25) is 0 Å². The van der Waals surface area contributed by atoms with Gasteiger partial charge in [0.15, 0.2) is 0 Å². The van der Waals surface area contributed by atoms with E-state index in [1.807, 2.05) is 25.3 Å². The third-order valence-electron chi connectivity index (χ3n) is 3.11. The molecule has 0 aliphatic heterocycles. The lowest BCUT2D eigenvalue weighted by Crippen LogP contribution is -2.46. The first kappa shape index (κ1) is 15.1. The molecule has 0 saturated heterocycles. The number of ether oxygens (including phenoxy) is 1. The predicted octanol–water partition coefficient (Wildman–Crippen LogP) is 2.18. The maximum atomic E-state index is 12.2. The summed E-state index contributed by atoms with van der Waals surface area (Å²) in [6, 6.07) is 1.90. The van der Waals surface area contributed by atoms with Crippen LogP contribution in [0.5, 0.6) is 0 Å². The molecule has 102 valence electrons. The number of carbonyl (C=O) groups is 1. The zero-order valence-corrected chi connectivity index (χ0v) is 12.0. The number of hydrogen-bond acceptors (Lipinski definition) is 4. The molecule has 1 unspecified atom stereocenters. The summed E-state index contributed by atoms with van der Waals surface area (Å²) in [5.74, 6) is -0.0881. The van der Waals surface area contributed by atoms with Gasteiger partial charge in [0.2, 0.25) is 0 Å². The third-order valence-corrected chi connectivity index (χ3v) is 4.07. The molecule has 1 heterocycles. The van der Waals surface area contributed by atoms with E-state index >= 15 is 0 Å². The second kappa shape index (κ2) is 6.87. The Morgan fingerprint density at radius 2 is 2.33 bits per heavy atom. The van der Waals surface area contributed by atoms with Crippen molar-refractivity contribution < 1.29 is 14.6 Å². The van der Waals surface area contributed by atoms with E-state index in [4.69, 9.17) is 9.84 Å². The monoisotopic (exact) mass is 271 g/mol. The molecule has 1 rings (SSSR count). The fourth-order valence-corrected chi connectivity index (χ4v) is 2.51. The van der Waals surface area contributed by atoms with Gasteiger partial charge in [-0.3, -0.25) is 4.79 Å². The lowest BCUT2D eigenvalue weighted by molar-refractivity contribution is 0.0886. The summed E-state index contributed by atoms with van der Waals surface area (Å²) in [7, 11) is 1.61. The number of carbonyl (C=O) groups excluding carboxylic acids is 1. The molecule has 0 radical (unpaired) electrons. The van der Waals surface area contributed by atoms with Crippen molar-refractivity contribution in [3.8, 4) is 0 Å². The number of methoxy groups -OCH3 is 1. The van der Waals surface area contributed by atoms with Crippen LogP contribution in [0.3, 0.4) is 0 Å². The van der Waals surface area contributed by atoms with E-state index in [1.165, 1.54) is 11.3 Å². The normalized spacial score (nSPS) is 14.2. The Bertz CT molecular complexity index is 391. The van der Waals surface area contributed by atoms with Gasteiger partial charge in [0.1, 0.15) is 0 Å². The fourth-order valence-electron chi connectivity index (χ4n) is 1.71. The standard InChI is InChI=1S/C13H21NO3S/c1-4-13(2,6-7-15)14-12(16)11-10(9-17-3)5-8-18-11/h5,8,15H,4,6-7,9H2,1-3H3,(H,14,16). The largest absolute Gasteiger partial charge is 0.396 e. The highest BCUT2D eigenvalue weighted by Crippen LogP contribution is 2.20. The summed E-state index contributed by atoms with van der Waals surface area (Å²) >= 11 is 1.41. The second-order valence-electron chi connectivity index (χ2n) is 4.55. The van der Waals surface area contributed by atoms with Gasteiger partial charge in [0, 0.05) is 24.8 Å². The van der Waals surface area contributed by atoms with Gasteiger partial charge in [0.05, 0.1) is 11.5 Å². The maximum absolute atomic E-state index is 12.2. The Kier molecular flexibility index (Phi) is 5.78. The van der Waals surface area contributed by atoms with Gasteiger partial charge in [-0.2, -0.15) is 0 Å². The third kappa shape index (κ3) is 3.80. The lowest BCUT2D eigenvalue weighted by Gasteiger charge is -2.28. The van der Waals surface area contributed by atoms with Crippen LogP contribution in [0, 0.1) is 0 Å². The number of thiophene rings is 1. The Morgan fingerprint density at radius 3 is 2.89 bits per heavy atom. The molecule has 1 atom stereocenters. The van der Waals surface area contributed by atoms with Crippen LogP contribution in [0.15, 0.2) is 11.4 Å². The first-order chi connectivity index (χ1) is 8.56. The van der Waals surface area contributed by atoms with Crippen LogP contribution in [-0.2, 0) is 11.3 Å². The Morgan fingerprint density at radius 1 is 1.61 bits per heavy atom. The topological polar surface area (TPSA) is 58.6 Å². The molecule has 0 bridgehead atoms. The smallest absolute Gasteiger partial charge is 0.262 e. The molecule has 5 heteroatoms. The van der Waals surface area contributed by atoms with Gasteiger partial charge in [-0.15, -0.1) is 11.3 Å². The van der Waals surface area contributed by atoms with E-state index in [0.29, 0.717) is 17.9 Å². The summed E-state index contributed by atoms with van der Waals surface area (Å²) in [6.07, 6.45) is 1.34. The molecule has 0 fully saturated rings. The van der Waals surface area contributed by atoms with Crippen molar-refractivity contribution in [3.05, 3.63) is 21.9 Å². The lowest BCUT2D eigenvalue weighted by atomic mass is 9.94. The summed E-state index contributed by atoms with van der Waals surface area (Å²) in [5, 5.41) is 13.9. The van der Waals surface area contributed by atoms with Crippen molar-refractivity contribution >= 4 is 17.2 Å². The van der Waals surface area contributed by atoms with Crippen molar-refractivity contribution in [2.24, 2.45) is 0 Å². The van der Waals surface area contributed by atoms with E-state index in [0.717, 1.165) is 12.0 Å². The Hall–Kier alpha value is -0.910. The van der Waals surface area contributed by atoms with Crippen molar-refractivity contribution in [1.82, 2.24) is 5.32 Å². The highest BCUT2D eigenvalue weighted by Gasteiger charge is 2.25. The predicted molar refractivity (Wildman–Crippen MR) is 72.9 cm³/mol. The highest BCUT2D eigenvalue weighted by atomic mass is 32.1. The first-order valence-electron chi connectivity index (χ1n) is 6.05. The van der Waals surface area contributed by atoms with Crippen molar-refractivity contribution in [2.75, 3.05) is 13.7 Å². The number of rotatable bonds is 7. The van der Waals surface area contributed by atoms with E-state index < -0.39 is 0 Å². The van der Waals surface area contributed by atoms with Gasteiger partial charge in [-0.05, 0) is 31.2 Å². The average molecular weight is 271 g/mol. The van der Waals surface area contributed by atoms with E-state index in [9.17, 15) is 4.79 Å². The van der Waals surface area contributed by atoms with Gasteiger partial charge >= 0.3 is 0 Å². The summed E-state index contributed by atoms with van der Waals surface area (Å²) in [5.41, 5.74) is 0.544. The Labute approximate surface area is 112 Å². The minimum atomic E-state index is -0.361. The average Bonchev–Trinajstić information content (AvgIpc) is 2.78. The summed E-state index contributed by atoms with van der Waals surface area (Å²) < 4.78 is 5.07. The molecular weight excluding hydrogens is 250 g/mol. The van der Waals surface area contributed by atoms with E-state index in [-0.39, 0.29) is 18.1 Å². The molecule has 1 aromatic heterocycles. The maximum Gasteiger partial charge on any atom is 0.262 e. The fraction of sp³-hybridized carbons (Fsp3) is 0.615. The van der Waals surface area contributed by atoms with Crippen LogP contribution < -0.4 is 5.32 Å². The molecule has 0 spiro atoms. The number of amides is 1. The molecule has 18 heavy (non-hydrogen) atoms. The number of nitrogens with one attached hydrogen (secondary N) is 1. The van der Waals surface area contributed by atoms with Gasteiger partial charge in [-0.1, -0.05) is 6.92 Å². The van der Waals surface area contributed by atoms with Crippen LogP contribution in [-0.4, -0.2) is 30.3 Å². The van der Waals surface area contributed by atoms with Crippen molar-refractivity contribution in [1.29, 1.82) is 0 Å². The van der Waals surface area contributed by atoms with Crippen molar-refractivity contribution in [2.45, 2.75) is 38.8 Å². The molecular formula is C13H21NO3S. The molecule has 1 aromatic rings. The molecule has 0 aliphatic rings. The van der Waals surface area contributed by atoms with E-state index in [2.05, 4.69) is 5.32 Å². The number of hydrogen-bond donors (Lipinski definition) is 2. The van der Waals surface area contributed by atoms with Crippen molar-refractivity contribution in [3.63, 3.8) is 0 Å². The molecule has 1 amide bonds. The Balaban J connectivity index is 2.77. The summed E-state index contributed by atoms with van der Waals surface area (Å²) in [4.78, 5) is 12.9. The SMILES string of the molecule is CCC(C)(CCO)NC(=O)c1sccc1COC. The first-order valence-corrected chi connectivity index (χ1v) is 6.93. The minimum Gasteiger partial charge on any atom is -0.396 e. The highest BCUT2D eigenvalue weighted by molar-refractivity contribution is 7.12. The molecule has 0 aliphatic carbocycles. The van der Waals surface area contributed by atoms with Crippen LogP contribution in [0.1, 0.15) is 41.9 Å². The number of aliphatic hydroxyl groups excluding tert-OH is 1.